The molecule has 0 aromatic carbocycles. The summed E-state index contributed by atoms with van der Waals surface area (Å²) in [5, 5.41) is 11.9. The van der Waals surface area contributed by atoms with E-state index in [9.17, 15) is 14.7 Å². The van der Waals surface area contributed by atoms with E-state index in [1.54, 1.807) is 12.1 Å². The zero-order valence-electron chi connectivity index (χ0n) is 13.3. The second kappa shape index (κ2) is 7.92. The fourth-order valence-electron chi connectivity index (χ4n) is 2.47. The Kier molecular flexibility index (Phi) is 5.92. The van der Waals surface area contributed by atoms with Gasteiger partial charge in [0.15, 0.2) is 0 Å². The Labute approximate surface area is 135 Å². The van der Waals surface area contributed by atoms with Crippen LogP contribution in [-0.2, 0) is 9.53 Å². The van der Waals surface area contributed by atoms with Crippen molar-refractivity contribution < 1.29 is 24.2 Å². The lowest BCUT2D eigenvalue weighted by molar-refractivity contribution is -0.142. The summed E-state index contributed by atoms with van der Waals surface area (Å²) in [5.74, 6) is -1.50. The van der Waals surface area contributed by atoms with E-state index in [0.717, 1.165) is 6.42 Å². The second-order valence-electron chi connectivity index (χ2n) is 5.79. The number of carbonyl (C=O) groups is 2. The van der Waals surface area contributed by atoms with Crippen molar-refractivity contribution in [2.24, 2.45) is 5.92 Å². The van der Waals surface area contributed by atoms with Crippen LogP contribution in [0, 0.1) is 5.92 Å². The van der Waals surface area contributed by atoms with E-state index in [-0.39, 0.29) is 17.7 Å². The number of carboxylic acid groups (broad SMARTS) is 1. The van der Waals surface area contributed by atoms with Crippen LogP contribution in [0.25, 0.3) is 0 Å². The Morgan fingerprint density at radius 2 is 2.22 bits per heavy atom. The number of carbonyl (C=O) groups excluding carboxylic acids is 1. The van der Waals surface area contributed by atoms with E-state index in [2.05, 4.69) is 10.3 Å². The highest BCUT2D eigenvalue weighted by atomic mass is 16.5. The standard InChI is InChI=1S/C16H22N2O5/c1-10(2)23-13-7-3-6-12(17-13)15(19)18-14(16(20)21)11-5-4-8-22-9-11/h3,6-7,10-11,14H,4-5,8-9H2,1-2H3,(H,18,19)(H,20,21)/t11-,14+/m0/s1. The molecule has 23 heavy (non-hydrogen) atoms. The summed E-state index contributed by atoms with van der Waals surface area (Å²) < 4.78 is 10.8. The molecule has 1 saturated heterocycles. The Morgan fingerprint density at radius 1 is 1.43 bits per heavy atom. The largest absolute Gasteiger partial charge is 0.480 e. The van der Waals surface area contributed by atoms with Crippen molar-refractivity contribution in [1.29, 1.82) is 0 Å². The maximum Gasteiger partial charge on any atom is 0.326 e. The number of pyridine rings is 1. The van der Waals surface area contributed by atoms with Crippen LogP contribution >= 0.6 is 0 Å². The lowest BCUT2D eigenvalue weighted by Crippen LogP contribution is -2.48. The average Bonchev–Trinajstić information content (AvgIpc) is 2.52. The van der Waals surface area contributed by atoms with Crippen LogP contribution in [-0.4, -0.2) is 47.3 Å². The van der Waals surface area contributed by atoms with Gasteiger partial charge in [-0.1, -0.05) is 6.07 Å². The predicted molar refractivity (Wildman–Crippen MR) is 82.4 cm³/mol. The molecule has 0 radical (unpaired) electrons. The lowest BCUT2D eigenvalue weighted by Gasteiger charge is -2.28. The molecule has 7 nitrogen and oxygen atoms in total. The minimum atomic E-state index is -1.07. The topological polar surface area (TPSA) is 97.8 Å². The Bertz CT molecular complexity index is 555. The van der Waals surface area contributed by atoms with Gasteiger partial charge in [0.25, 0.3) is 5.91 Å². The minimum Gasteiger partial charge on any atom is -0.480 e. The molecule has 7 heteroatoms. The van der Waals surface area contributed by atoms with Crippen LogP contribution < -0.4 is 10.1 Å². The molecule has 1 aromatic rings. The first-order chi connectivity index (χ1) is 11.0. The number of hydrogen-bond acceptors (Lipinski definition) is 5. The van der Waals surface area contributed by atoms with Gasteiger partial charge in [-0.25, -0.2) is 9.78 Å². The number of hydrogen-bond donors (Lipinski definition) is 2. The van der Waals surface area contributed by atoms with Crippen molar-refractivity contribution in [3.05, 3.63) is 23.9 Å². The number of aromatic nitrogens is 1. The van der Waals surface area contributed by atoms with Gasteiger partial charge in [-0.15, -0.1) is 0 Å². The molecule has 126 valence electrons. The van der Waals surface area contributed by atoms with Gasteiger partial charge in [-0.2, -0.15) is 0 Å². The van der Waals surface area contributed by atoms with Crippen LogP contribution in [0.3, 0.4) is 0 Å². The van der Waals surface area contributed by atoms with Crippen LogP contribution in [0.1, 0.15) is 37.2 Å². The minimum absolute atomic E-state index is 0.0630. The summed E-state index contributed by atoms with van der Waals surface area (Å²) >= 11 is 0. The van der Waals surface area contributed by atoms with Crippen molar-refractivity contribution in [3.8, 4) is 5.88 Å². The number of nitrogens with one attached hydrogen (secondary N) is 1. The third-order valence-corrected chi connectivity index (χ3v) is 3.53. The molecular formula is C16H22N2O5. The van der Waals surface area contributed by atoms with Crippen LogP contribution in [0.15, 0.2) is 18.2 Å². The van der Waals surface area contributed by atoms with Crippen LogP contribution in [0.5, 0.6) is 5.88 Å². The summed E-state index contributed by atoms with van der Waals surface area (Å²) in [6, 6.07) is 3.84. The van der Waals surface area contributed by atoms with E-state index in [1.165, 1.54) is 6.07 Å². The first kappa shape index (κ1) is 17.2. The quantitative estimate of drug-likeness (QED) is 0.823. The molecule has 0 unspecified atom stereocenters. The van der Waals surface area contributed by atoms with Crippen molar-refractivity contribution >= 4 is 11.9 Å². The summed E-state index contributed by atoms with van der Waals surface area (Å²) in [7, 11) is 0. The normalized spacial score (nSPS) is 19.2. The van der Waals surface area contributed by atoms with E-state index in [0.29, 0.717) is 25.5 Å². The molecule has 1 aliphatic heterocycles. The maximum absolute atomic E-state index is 12.3. The summed E-state index contributed by atoms with van der Waals surface area (Å²) in [4.78, 5) is 27.9. The third-order valence-electron chi connectivity index (χ3n) is 3.53. The van der Waals surface area contributed by atoms with E-state index >= 15 is 0 Å². The Morgan fingerprint density at radius 3 is 2.83 bits per heavy atom. The number of rotatable bonds is 6. The summed E-state index contributed by atoms with van der Waals surface area (Å²) in [6.07, 6.45) is 1.44. The monoisotopic (exact) mass is 322 g/mol. The molecule has 0 bridgehead atoms. The maximum atomic E-state index is 12.3. The predicted octanol–water partition coefficient (Wildman–Crippen LogP) is 1.48. The lowest BCUT2D eigenvalue weighted by atomic mass is 9.93. The molecular weight excluding hydrogens is 300 g/mol. The van der Waals surface area contributed by atoms with Gasteiger partial charge in [-0.05, 0) is 32.8 Å². The van der Waals surface area contributed by atoms with Gasteiger partial charge in [0, 0.05) is 18.6 Å². The van der Waals surface area contributed by atoms with Crippen molar-refractivity contribution in [2.75, 3.05) is 13.2 Å². The molecule has 0 spiro atoms. The van der Waals surface area contributed by atoms with Crippen LogP contribution in [0.4, 0.5) is 0 Å². The average molecular weight is 322 g/mol. The molecule has 1 amide bonds. The molecule has 2 rings (SSSR count). The van der Waals surface area contributed by atoms with Gasteiger partial charge in [0.1, 0.15) is 11.7 Å². The Hall–Kier alpha value is -2.15. The third kappa shape index (κ3) is 4.92. The number of carboxylic acids is 1. The number of aliphatic carboxylic acids is 1. The smallest absolute Gasteiger partial charge is 0.326 e. The fraction of sp³-hybridized carbons (Fsp3) is 0.562. The van der Waals surface area contributed by atoms with E-state index < -0.39 is 17.9 Å². The van der Waals surface area contributed by atoms with Gasteiger partial charge >= 0.3 is 5.97 Å². The molecule has 2 N–H and O–H groups in total. The number of nitrogens with zero attached hydrogens (tertiary/aromatic N) is 1. The Balaban J connectivity index is 2.07. The summed E-state index contributed by atoms with van der Waals surface area (Å²) in [6.45, 7) is 4.68. The van der Waals surface area contributed by atoms with E-state index in [1.807, 2.05) is 13.8 Å². The van der Waals surface area contributed by atoms with Gasteiger partial charge in [0.2, 0.25) is 5.88 Å². The highest BCUT2D eigenvalue weighted by molar-refractivity contribution is 5.95. The first-order valence-electron chi connectivity index (χ1n) is 7.72. The molecule has 1 fully saturated rings. The number of ether oxygens (including phenoxy) is 2. The molecule has 1 aromatic heterocycles. The molecule has 1 aliphatic rings. The van der Waals surface area contributed by atoms with Gasteiger partial charge in [-0.3, -0.25) is 4.79 Å². The summed E-state index contributed by atoms with van der Waals surface area (Å²) in [5.41, 5.74) is 0.131. The van der Waals surface area contributed by atoms with Crippen molar-refractivity contribution in [2.45, 2.75) is 38.8 Å². The first-order valence-corrected chi connectivity index (χ1v) is 7.72. The zero-order valence-corrected chi connectivity index (χ0v) is 13.3. The van der Waals surface area contributed by atoms with Crippen molar-refractivity contribution in [3.63, 3.8) is 0 Å². The van der Waals surface area contributed by atoms with Gasteiger partial charge < -0.3 is 19.9 Å². The molecule has 2 atom stereocenters. The highest BCUT2D eigenvalue weighted by Gasteiger charge is 2.31. The molecule has 2 heterocycles. The van der Waals surface area contributed by atoms with Gasteiger partial charge in [0.05, 0.1) is 12.7 Å². The second-order valence-corrected chi connectivity index (χ2v) is 5.79. The van der Waals surface area contributed by atoms with Crippen molar-refractivity contribution in [1.82, 2.24) is 10.3 Å². The van der Waals surface area contributed by atoms with Crippen LogP contribution in [0.2, 0.25) is 0 Å². The molecule has 0 saturated carbocycles. The molecule has 0 aliphatic carbocycles. The fourth-order valence-corrected chi connectivity index (χ4v) is 2.47. The van der Waals surface area contributed by atoms with E-state index in [4.69, 9.17) is 9.47 Å². The highest BCUT2D eigenvalue weighted by Crippen LogP contribution is 2.18. The SMILES string of the molecule is CC(C)Oc1cccc(C(=O)N[C@@H](C(=O)O)[C@H]2CCCOC2)n1. The number of amides is 1. The zero-order chi connectivity index (χ0) is 16.8.